The van der Waals surface area contributed by atoms with Crippen molar-refractivity contribution < 1.29 is 14.3 Å². The summed E-state index contributed by atoms with van der Waals surface area (Å²) in [5.41, 5.74) is 1.69. The van der Waals surface area contributed by atoms with Crippen molar-refractivity contribution >= 4 is 29.2 Å². The lowest BCUT2D eigenvalue weighted by atomic mass is 9.92. The van der Waals surface area contributed by atoms with Crippen LogP contribution in [0.15, 0.2) is 42.5 Å². The summed E-state index contributed by atoms with van der Waals surface area (Å²) in [6.07, 6.45) is 0.484. The molecule has 0 radical (unpaired) electrons. The van der Waals surface area contributed by atoms with Gasteiger partial charge in [-0.3, -0.25) is 4.79 Å². The molecule has 2 rings (SSSR count). The zero-order chi connectivity index (χ0) is 16.1. The summed E-state index contributed by atoms with van der Waals surface area (Å²) < 4.78 is 10.0. The number of halogens is 2. The molecule has 3 nitrogen and oxygen atoms in total. The summed E-state index contributed by atoms with van der Waals surface area (Å²) in [5.74, 6) is -0.0499. The fraction of sp³-hybridized carbons (Fsp3) is 0.235. The number of ether oxygens (including phenoxy) is 2. The number of carbonyl (C=O) groups is 1. The van der Waals surface area contributed by atoms with E-state index in [9.17, 15) is 4.79 Å². The van der Waals surface area contributed by atoms with Gasteiger partial charge in [0.15, 0.2) is 0 Å². The Bertz CT molecular complexity index is 653. The highest BCUT2D eigenvalue weighted by atomic mass is 35.5. The SMILES string of the molecule is COC(=O)C(Cc1ccc(OC)cc1)c1ccc(Cl)cc1Cl. The molecule has 0 bridgehead atoms. The minimum absolute atomic E-state index is 0.333. The second kappa shape index (κ2) is 7.52. The highest BCUT2D eigenvalue weighted by molar-refractivity contribution is 6.35. The molecule has 22 heavy (non-hydrogen) atoms. The predicted molar refractivity (Wildman–Crippen MR) is 87.9 cm³/mol. The first kappa shape index (κ1) is 16.7. The van der Waals surface area contributed by atoms with Crippen molar-refractivity contribution in [2.24, 2.45) is 0 Å². The number of hydrogen-bond donors (Lipinski definition) is 0. The number of hydrogen-bond acceptors (Lipinski definition) is 3. The molecule has 2 aromatic rings. The van der Waals surface area contributed by atoms with Gasteiger partial charge < -0.3 is 9.47 Å². The molecule has 0 saturated carbocycles. The average molecular weight is 339 g/mol. The van der Waals surface area contributed by atoms with Crippen LogP contribution in [-0.2, 0) is 16.0 Å². The van der Waals surface area contributed by atoms with Crippen molar-refractivity contribution in [3.8, 4) is 5.75 Å². The molecule has 0 heterocycles. The quantitative estimate of drug-likeness (QED) is 0.753. The Morgan fingerprint density at radius 2 is 1.77 bits per heavy atom. The lowest BCUT2D eigenvalue weighted by Crippen LogP contribution is -2.17. The van der Waals surface area contributed by atoms with Crippen molar-refractivity contribution in [3.63, 3.8) is 0 Å². The molecule has 0 aliphatic carbocycles. The Hall–Kier alpha value is -1.71. The lowest BCUT2D eigenvalue weighted by Gasteiger charge is -2.17. The van der Waals surface area contributed by atoms with E-state index in [0.717, 1.165) is 11.3 Å². The standard InChI is InChI=1S/C17H16Cl2O3/c1-21-13-6-3-11(4-7-13)9-15(17(20)22-2)14-8-5-12(18)10-16(14)19/h3-8,10,15H,9H2,1-2H3. The van der Waals surface area contributed by atoms with Crippen LogP contribution in [0.5, 0.6) is 5.75 Å². The Morgan fingerprint density at radius 3 is 2.32 bits per heavy atom. The van der Waals surface area contributed by atoms with Crippen LogP contribution in [0.2, 0.25) is 10.0 Å². The third-order valence-electron chi connectivity index (χ3n) is 3.42. The Labute approximate surface area is 139 Å². The summed E-state index contributed by atoms with van der Waals surface area (Å²) in [7, 11) is 2.98. The first-order chi connectivity index (χ1) is 10.5. The molecule has 0 saturated heterocycles. The van der Waals surface area contributed by atoms with Crippen LogP contribution in [0.3, 0.4) is 0 Å². The fourth-order valence-corrected chi connectivity index (χ4v) is 2.78. The molecular formula is C17H16Cl2O3. The summed E-state index contributed by atoms with van der Waals surface area (Å²) in [6, 6.07) is 12.6. The van der Waals surface area contributed by atoms with Crippen molar-refractivity contribution in [2.45, 2.75) is 12.3 Å². The van der Waals surface area contributed by atoms with E-state index in [1.807, 2.05) is 24.3 Å². The third-order valence-corrected chi connectivity index (χ3v) is 3.98. The minimum atomic E-state index is -0.483. The molecule has 0 spiro atoms. The average Bonchev–Trinajstić information content (AvgIpc) is 2.53. The highest BCUT2D eigenvalue weighted by Crippen LogP contribution is 2.31. The molecule has 0 aromatic heterocycles. The molecular weight excluding hydrogens is 323 g/mol. The van der Waals surface area contributed by atoms with Crippen molar-refractivity contribution in [1.82, 2.24) is 0 Å². The first-order valence-electron chi connectivity index (χ1n) is 6.71. The van der Waals surface area contributed by atoms with Crippen molar-refractivity contribution in [3.05, 3.63) is 63.6 Å². The van der Waals surface area contributed by atoms with Gasteiger partial charge in [-0.05, 0) is 41.8 Å². The van der Waals surface area contributed by atoms with E-state index >= 15 is 0 Å². The third kappa shape index (κ3) is 3.93. The van der Waals surface area contributed by atoms with Gasteiger partial charge in [-0.15, -0.1) is 0 Å². The molecule has 0 fully saturated rings. The van der Waals surface area contributed by atoms with Gasteiger partial charge in [-0.2, -0.15) is 0 Å². The first-order valence-corrected chi connectivity index (χ1v) is 7.46. The number of benzene rings is 2. The maximum atomic E-state index is 12.1. The molecule has 0 N–H and O–H groups in total. The second-order valence-corrected chi connectivity index (χ2v) is 5.64. The van der Waals surface area contributed by atoms with Gasteiger partial charge >= 0.3 is 5.97 Å². The summed E-state index contributed by atoms with van der Waals surface area (Å²) in [6.45, 7) is 0. The van der Waals surface area contributed by atoms with E-state index < -0.39 is 5.92 Å². The lowest BCUT2D eigenvalue weighted by molar-refractivity contribution is -0.142. The minimum Gasteiger partial charge on any atom is -0.497 e. The molecule has 1 unspecified atom stereocenters. The largest absolute Gasteiger partial charge is 0.497 e. The number of rotatable bonds is 5. The monoisotopic (exact) mass is 338 g/mol. The fourth-order valence-electron chi connectivity index (χ4n) is 2.24. The van der Waals surface area contributed by atoms with Crippen LogP contribution in [-0.4, -0.2) is 20.2 Å². The van der Waals surface area contributed by atoms with Crippen LogP contribution in [0.4, 0.5) is 0 Å². The van der Waals surface area contributed by atoms with Gasteiger partial charge in [0.1, 0.15) is 5.75 Å². The van der Waals surface area contributed by atoms with Gasteiger partial charge in [-0.1, -0.05) is 41.4 Å². The Balaban J connectivity index is 2.31. The van der Waals surface area contributed by atoms with Crippen molar-refractivity contribution in [1.29, 1.82) is 0 Å². The van der Waals surface area contributed by atoms with Crippen LogP contribution in [0, 0.1) is 0 Å². The van der Waals surface area contributed by atoms with E-state index in [0.29, 0.717) is 22.0 Å². The number of methoxy groups -OCH3 is 2. The van der Waals surface area contributed by atoms with Crippen LogP contribution in [0.25, 0.3) is 0 Å². The topological polar surface area (TPSA) is 35.5 Å². The van der Waals surface area contributed by atoms with E-state index in [-0.39, 0.29) is 5.97 Å². The molecule has 116 valence electrons. The number of esters is 1. The second-order valence-electron chi connectivity index (χ2n) is 4.79. The van der Waals surface area contributed by atoms with Gasteiger partial charge in [0.05, 0.1) is 20.1 Å². The van der Waals surface area contributed by atoms with Gasteiger partial charge in [0.25, 0.3) is 0 Å². The molecule has 1 atom stereocenters. The van der Waals surface area contributed by atoms with Crippen molar-refractivity contribution in [2.75, 3.05) is 14.2 Å². The molecule has 0 aliphatic rings. The Morgan fingerprint density at radius 1 is 1.09 bits per heavy atom. The van der Waals surface area contributed by atoms with E-state index in [1.54, 1.807) is 25.3 Å². The summed E-state index contributed by atoms with van der Waals surface area (Å²) in [5, 5.41) is 0.984. The molecule has 5 heteroatoms. The maximum Gasteiger partial charge on any atom is 0.313 e. The smallest absolute Gasteiger partial charge is 0.313 e. The molecule has 0 aliphatic heterocycles. The number of carbonyl (C=O) groups excluding carboxylic acids is 1. The summed E-state index contributed by atoms with van der Waals surface area (Å²) >= 11 is 12.1. The Kier molecular flexibility index (Phi) is 5.69. The van der Waals surface area contributed by atoms with E-state index in [1.165, 1.54) is 7.11 Å². The highest BCUT2D eigenvalue weighted by Gasteiger charge is 2.24. The maximum absolute atomic E-state index is 12.1. The van der Waals surface area contributed by atoms with Crippen LogP contribution >= 0.6 is 23.2 Å². The van der Waals surface area contributed by atoms with Gasteiger partial charge in [0, 0.05) is 10.0 Å². The molecule has 2 aromatic carbocycles. The molecule has 0 amide bonds. The zero-order valence-corrected chi connectivity index (χ0v) is 13.8. The van der Waals surface area contributed by atoms with E-state index in [4.69, 9.17) is 32.7 Å². The normalized spacial score (nSPS) is 11.8. The zero-order valence-electron chi connectivity index (χ0n) is 12.3. The van der Waals surface area contributed by atoms with Gasteiger partial charge in [0.2, 0.25) is 0 Å². The predicted octanol–water partition coefficient (Wildman–Crippen LogP) is 4.50. The summed E-state index contributed by atoms with van der Waals surface area (Å²) in [4.78, 5) is 12.1. The van der Waals surface area contributed by atoms with Gasteiger partial charge in [-0.25, -0.2) is 0 Å². The van der Waals surface area contributed by atoms with Crippen LogP contribution < -0.4 is 4.74 Å². The van der Waals surface area contributed by atoms with Crippen LogP contribution in [0.1, 0.15) is 17.0 Å². The van der Waals surface area contributed by atoms with E-state index in [2.05, 4.69) is 0 Å².